The maximum Gasteiger partial charge on any atom is 0.142 e. The van der Waals surface area contributed by atoms with Crippen LogP contribution in [0.25, 0.3) is 0 Å². The number of aldehydes is 1. The number of allylic oxidation sites excluding steroid dienone is 6. The third kappa shape index (κ3) is 16.9. The molecular formula is C18H30O. The zero-order chi connectivity index (χ0) is 14.0. The van der Waals surface area contributed by atoms with Gasteiger partial charge in [-0.3, -0.25) is 4.79 Å². The molecule has 0 aliphatic rings. The van der Waals surface area contributed by atoms with Crippen LogP contribution in [0.2, 0.25) is 0 Å². The van der Waals surface area contributed by atoms with Crippen LogP contribution in [-0.2, 0) is 4.79 Å². The fourth-order valence-electron chi connectivity index (χ4n) is 1.93. The van der Waals surface area contributed by atoms with Crippen LogP contribution >= 0.6 is 0 Å². The second-order valence-electron chi connectivity index (χ2n) is 4.91. The molecule has 0 spiro atoms. The molecule has 108 valence electrons. The molecule has 19 heavy (non-hydrogen) atoms. The number of rotatable bonds is 13. The molecule has 1 heteroatoms. The molecule has 0 atom stereocenters. The largest absolute Gasteiger partial charge is 0.299 e. The summed E-state index contributed by atoms with van der Waals surface area (Å²) in [7, 11) is 0. The van der Waals surface area contributed by atoms with Gasteiger partial charge in [-0.2, -0.15) is 0 Å². The molecule has 0 unspecified atom stereocenters. The molecule has 0 saturated heterocycles. The second-order valence-corrected chi connectivity index (χ2v) is 4.91. The predicted octanol–water partition coefficient (Wildman–Crippen LogP) is 5.77. The Morgan fingerprint density at radius 2 is 1.26 bits per heavy atom. The minimum Gasteiger partial charge on any atom is -0.299 e. The Morgan fingerprint density at radius 3 is 2.00 bits per heavy atom. The Hall–Kier alpha value is -1.11. The van der Waals surface area contributed by atoms with Crippen molar-refractivity contribution in [2.24, 2.45) is 0 Å². The highest BCUT2D eigenvalue weighted by molar-refractivity contribution is 5.65. The Balaban J connectivity index is 3.19. The van der Waals surface area contributed by atoms with E-state index >= 15 is 0 Å². The highest BCUT2D eigenvalue weighted by Gasteiger charge is 1.89. The fraction of sp³-hybridized carbons (Fsp3) is 0.611. The third-order valence-electron chi connectivity index (χ3n) is 3.08. The monoisotopic (exact) mass is 262 g/mol. The molecule has 0 aliphatic carbocycles. The number of hydrogen-bond acceptors (Lipinski definition) is 1. The highest BCUT2D eigenvalue weighted by Crippen LogP contribution is 2.08. The molecule has 1 nitrogen and oxygen atoms in total. The molecule has 0 amide bonds. The van der Waals surface area contributed by atoms with Crippen LogP contribution in [0.4, 0.5) is 0 Å². The van der Waals surface area contributed by atoms with E-state index in [0.717, 1.165) is 19.1 Å². The molecule has 0 aromatic carbocycles. The van der Waals surface area contributed by atoms with E-state index in [9.17, 15) is 4.79 Å². The Kier molecular flexibility index (Phi) is 15.9. The average Bonchev–Trinajstić information content (AvgIpc) is 2.43. The van der Waals surface area contributed by atoms with Crippen molar-refractivity contribution in [3.8, 4) is 0 Å². The number of unbranched alkanes of at least 4 members (excludes halogenated alkanes) is 8. The molecule has 0 bridgehead atoms. The van der Waals surface area contributed by atoms with Crippen molar-refractivity contribution < 1.29 is 4.79 Å². The first-order valence-electron chi connectivity index (χ1n) is 7.83. The zero-order valence-corrected chi connectivity index (χ0v) is 12.5. The predicted molar refractivity (Wildman–Crippen MR) is 85.3 cm³/mol. The average molecular weight is 262 g/mol. The van der Waals surface area contributed by atoms with Crippen LogP contribution < -0.4 is 0 Å². The van der Waals surface area contributed by atoms with Crippen molar-refractivity contribution in [3.05, 3.63) is 36.5 Å². The van der Waals surface area contributed by atoms with Gasteiger partial charge < -0.3 is 0 Å². The van der Waals surface area contributed by atoms with Gasteiger partial charge in [-0.25, -0.2) is 0 Å². The van der Waals surface area contributed by atoms with E-state index in [2.05, 4.69) is 25.2 Å². The van der Waals surface area contributed by atoms with E-state index in [1.807, 2.05) is 6.08 Å². The Labute approximate surface area is 119 Å². The third-order valence-corrected chi connectivity index (χ3v) is 3.08. The number of hydrogen-bond donors (Lipinski definition) is 0. The van der Waals surface area contributed by atoms with E-state index < -0.39 is 0 Å². The van der Waals surface area contributed by atoms with Gasteiger partial charge in [-0.1, -0.05) is 75.8 Å². The molecule has 0 aromatic heterocycles. The fourth-order valence-corrected chi connectivity index (χ4v) is 1.93. The van der Waals surface area contributed by atoms with E-state index in [1.54, 1.807) is 6.08 Å². The summed E-state index contributed by atoms with van der Waals surface area (Å²) >= 11 is 0. The molecule has 0 saturated carbocycles. The van der Waals surface area contributed by atoms with E-state index in [4.69, 9.17) is 0 Å². The molecule has 0 rings (SSSR count). The van der Waals surface area contributed by atoms with Gasteiger partial charge >= 0.3 is 0 Å². The Morgan fingerprint density at radius 1 is 0.632 bits per heavy atom. The smallest absolute Gasteiger partial charge is 0.142 e. The van der Waals surface area contributed by atoms with Gasteiger partial charge in [0.1, 0.15) is 6.29 Å². The minimum absolute atomic E-state index is 0.798. The highest BCUT2D eigenvalue weighted by atomic mass is 16.1. The van der Waals surface area contributed by atoms with Crippen molar-refractivity contribution in [1.82, 2.24) is 0 Å². The van der Waals surface area contributed by atoms with Crippen molar-refractivity contribution in [2.75, 3.05) is 0 Å². The van der Waals surface area contributed by atoms with Crippen LogP contribution in [0, 0.1) is 0 Å². The molecule has 0 N–H and O–H groups in total. The first-order chi connectivity index (χ1) is 9.41. The van der Waals surface area contributed by atoms with Crippen molar-refractivity contribution in [2.45, 2.75) is 71.1 Å². The lowest BCUT2D eigenvalue weighted by Gasteiger charge is -1.98. The summed E-state index contributed by atoms with van der Waals surface area (Å²) in [4.78, 5) is 10.0. The van der Waals surface area contributed by atoms with E-state index in [-0.39, 0.29) is 0 Å². The van der Waals surface area contributed by atoms with Gasteiger partial charge in [0.2, 0.25) is 0 Å². The van der Waals surface area contributed by atoms with Gasteiger partial charge in [0.05, 0.1) is 0 Å². The maximum absolute atomic E-state index is 10.0. The van der Waals surface area contributed by atoms with Crippen molar-refractivity contribution in [3.63, 3.8) is 0 Å². The zero-order valence-electron chi connectivity index (χ0n) is 12.5. The lowest BCUT2D eigenvalue weighted by Crippen LogP contribution is -1.78. The van der Waals surface area contributed by atoms with E-state index in [0.29, 0.717) is 0 Å². The summed E-state index contributed by atoms with van der Waals surface area (Å²) in [6.07, 6.45) is 25.7. The van der Waals surface area contributed by atoms with Gasteiger partial charge in [-0.15, -0.1) is 0 Å². The standard InChI is InChI=1S/C18H30O/c1-2-3-4-5-6-7-8-9-10-11-12-13-14-15-16-17-18-19/h10-11,14-18H,2-9,12-13H2,1H3/b11-10-,15-14+,17-16+. The lowest BCUT2D eigenvalue weighted by atomic mass is 10.1. The summed E-state index contributed by atoms with van der Waals surface area (Å²) in [5, 5.41) is 0. The van der Waals surface area contributed by atoms with Crippen LogP contribution in [-0.4, -0.2) is 6.29 Å². The molecule has 0 aromatic rings. The second kappa shape index (κ2) is 16.9. The van der Waals surface area contributed by atoms with Gasteiger partial charge in [0.15, 0.2) is 0 Å². The maximum atomic E-state index is 10.0. The Bertz CT molecular complexity index is 261. The van der Waals surface area contributed by atoms with Crippen LogP contribution in [0.1, 0.15) is 71.1 Å². The summed E-state index contributed by atoms with van der Waals surface area (Å²) in [6, 6.07) is 0. The van der Waals surface area contributed by atoms with E-state index in [1.165, 1.54) is 57.4 Å². The minimum atomic E-state index is 0.798. The summed E-state index contributed by atoms with van der Waals surface area (Å²) in [6.45, 7) is 2.26. The quantitative estimate of drug-likeness (QED) is 0.135. The summed E-state index contributed by atoms with van der Waals surface area (Å²) < 4.78 is 0. The summed E-state index contributed by atoms with van der Waals surface area (Å²) in [5.74, 6) is 0. The number of carbonyl (C=O) groups is 1. The van der Waals surface area contributed by atoms with Crippen molar-refractivity contribution >= 4 is 6.29 Å². The molecular weight excluding hydrogens is 232 g/mol. The molecule has 0 fully saturated rings. The first-order valence-corrected chi connectivity index (χ1v) is 7.83. The SMILES string of the molecule is CCCCCCCCC/C=C\CC/C=C/C=C/C=O. The number of carbonyl (C=O) groups excluding carboxylic acids is 1. The molecule has 0 heterocycles. The molecule has 0 aliphatic heterocycles. The first kappa shape index (κ1) is 17.9. The van der Waals surface area contributed by atoms with Gasteiger partial charge in [0.25, 0.3) is 0 Å². The van der Waals surface area contributed by atoms with Crippen LogP contribution in [0.3, 0.4) is 0 Å². The lowest BCUT2D eigenvalue weighted by molar-refractivity contribution is -0.104. The molecule has 0 radical (unpaired) electrons. The topological polar surface area (TPSA) is 17.1 Å². The van der Waals surface area contributed by atoms with Gasteiger partial charge in [-0.05, 0) is 31.8 Å². The van der Waals surface area contributed by atoms with Crippen LogP contribution in [0.5, 0.6) is 0 Å². The normalized spacial score (nSPS) is 12.1. The summed E-state index contributed by atoms with van der Waals surface area (Å²) in [5.41, 5.74) is 0. The van der Waals surface area contributed by atoms with Crippen LogP contribution in [0.15, 0.2) is 36.5 Å². The van der Waals surface area contributed by atoms with Gasteiger partial charge in [0, 0.05) is 0 Å². The van der Waals surface area contributed by atoms with Crippen molar-refractivity contribution in [1.29, 1.82) is 0 Å².